The Hall–Kier alpha value is -0.380. The lowest BCUT2D eigenvalue weighted by molar-refractivity contribution is 0.207. The van der Waals surface area contributed by atoms with Crippen LogP contribution in [0.5, 0.6) is 0 Å². The lowest BCUT2D eigenvalue weighted by atomic mass is 10.1. The van der Waals surface area contributed by atoms with E-state index in [1.165, 1.54) is 18.4 Å². The Bertz CT molecular complexity index is 254. The highest BCUT2D eigenvalue weighted by molar-refractivity contribution is 7.07. The number of hydrogen-bond acceptors (Lipinski definition) is 3. The fourth-order valence-electron chi connectivity index (χ4n) is 1.43. The number of aliphatic hydroxyl groups excluding tert-OH is 1. The van der Waals surface area contributed by atoms with Gasteiger partial charge in [-0.2, -0.15) is 11.3 Å². The molecule has 0 atom stereocenters. The highest BCUT2D eigenvalue weighted by Gasteiger charge is 2.41. The van der Waals surface area contributed by atoms with Crippen LogP contribution < -0.4 is 5.32 Å². The van der Waals surface area contributed by atoms with Gasteiger partial charge in [-0.05, 0) is 35.2 Å². The maximum atomic E-state index is 9.08. The molecule has 0 aromatic carbocycles. The summed E-state index contributed by atoms with van der Waals surface area (Å²) >= 11 is 1.73. The Morgan fingerprint density at radius 3 is 2.92 bits per heavy atom. The third-order valence-electron chi connectivity index (χ3n) is 2.70. The zero-order chi connectivity index (χ0) is 9.15. The third-order valence-corrected chi connectivity index (χ3v) is 3.43. The highest BCUT2D eigenvalue weighted by atomic mass is 32.1. The van der Waals surface area contributed by atoms with E-state index in [9.17, 15) is 0 Å². The monoisotopic (exact) mass is 197 g/mol. The average Bonchev–Trinajstić information content (AvgIpc) is 2.74. The Morgan fingerprint density at radius 1 is 1.54 bits per heavy atom. The summed E-state index contributed by atoms with van der Waals surface area (Å²) in [6, 6.07) is 2.14. The van der Waals surface area contributed by atoms with Gasteiger partial charge in [0.25, 0.3) is 0 Å². The Morgan fingerprint density at radius 2 is 2.38 bits per heavy atom. The first-order chi connectivity index (χ1) is 6.35. The zero-order valence-electron chi connectivity index (χ0n) is 7.62. The Labute approximate surface area is 82.6 Å². The van der Waals surface area contributed by atoms with Crippen LogP contribution in [-0.4, -0.2) is 18.3 Å². The molecule has 13 heavy (non-hydrogen) atoms. The van der Waals surface area contributed by atoms with Gasteiger partial charge in [0.2, 0.25) is 0 Å². The summed E-state index contributed by atoms with van der Waals surface area (Å²) in [6.45, 7) is 2.23. The van der Waals surface area contributed by atoms with Crippen LogP contribution in [-0.2, 0) is 6.54 Å². The largest absolute Gasteiger partial charge is 0.396 e. The molecule has 0 amide bonds. The van der Waals surface area contributed by atoms with Crippen molar-refractivity contribution < 1.29 is 5.11 Å². The van der Waals surface area contributed by atoms with Gasteiger partial charge in [0.05, 0.1) is 0 Å². The molecule has 2 rings (SSSR count). The van der Waals surface area contributed by atoms with Gasteiger partial charge in [0.15, 0.2) is 0 Å². The second-order valence-electron chi connectivity index (χ2n) is 3.89. The van der Waals surface area contributed by atoms with Crippen molar-refractivity contribution in [2.75, 3.05) is 13.2 Å². The molecule has 0 unspecified atom stereocenters. The van der Waals surface area contributed by atoms with Gasteiger partial charge >= 0.3 is 0 Å². The van der Waals surface area contributed by atoms with E-state index in [1.54, 1.807) is 11.3 Å². The summed E-state index contributed by atoms with van der Waals surface area (Å²) in [6.07, 6.45) is 2.36. The quantitative estimate of drug-likeness (QED) is 0.751. The third kappa shape index (κ3) is 2.30. The molecule has 1 heterocycles. The summed E-state index contributed by atoms with van der Waals surface area (Å²) in [4.78, 5) is 0. The molecule has 0 bridgehead atoms. The zero-order valence-corrected chi connectivity index (χ0v) is 8.44. The van der Waals surface area contributed by atoms with E-state index in [0.717, 1.165) is 13.1 Å². The molecular formula is C10H15NOS. The maximum absolute atomic E-state index is 9.08. The molecule has 3 heteroatoms. The van der Waals surface area contributed by atoms with Gasteiger partial charge in [-0.3, -0.25) is 0 Å². The maximum Gasteiger partial charge on any atom is 0.0499 e. The van der Waals surface area contributed by atoms with Gasteiger partial charge in [-0.25, -0.2) is 0 Å². The molecule has 2 N–H and O–H groups in total. The average molecular weight is 197 g/mol. The van der Waals surface area contributed by atoms with E-state index in [4.69, 9.17) is 5.11 Å². The van der Waals surface area contributed by atoms with Crippen LogP contribution in [0.4, 0.5) is 0 Å². The van der Waals surface area contributed by atoms with Gasteiger partial charge in [-0.1, -0.05) is 0 Å². The molecule has 1 aliphatic rings. The second-order valence-corrected chi connectivity index (χ2v) is 4.67. The van der Waals surface area contributed by atoms with E-state index >= 15 is 0 Å². The predicted octanol–water partition coefficient (Wildman–Crippen LogP) is 1.61. The SMILES string of the molecule is OCC1(CNCc2ccsc2)CC1. The number of hydrogen-bond donors (Lipinski definition) is 2. The molecule has 0 saturated heterocycles. The first kappa shape index (κ1) is 9.19. The van der Waals surface area contributed by atoms with E-state index in [-0.39, 0.29) is 5.41 Å². The summed E-state index contributed by atoms with van der Waals surface area (Å²) in [5.74, 6) is 0. The van der Waals surface area contributed by atoms with Crippen molar-refractivity contribution in [1.82, 2.24) is 5.32 Å². The molecule has 0 spiro atoms. The van der Waals surface area contributed by atoms with Crippen molar-refractivity contribution in [2.24, 2.45) is 5.41 Å². The minimum atomic E-state index is 0.232. The van der Waals surface area contributed by atoms with Crippen molar-refractivity contribution >= 4 is 11.3 Å². The normalized spacial score (nSPS) is 18.8. The molecule has 0 aliphatic heterocycles. The Balaban J connectivity index is 1.70. The summed E-state index contributed by atoms with van der Waals surface area (Å²) in [7, 11) is 0. The highest BCUT2D eigenvalue weighted by Crippen LogP contribution is 2.44. The van der Waals surface area contributed by atoms with Crippen LogP contribution in [0.1, 0.15) is 18.4 Å². The predicted molar refractivity (Wildman–Crippen MR) is 54.8 cm³/mol. The summed E-state index contributed by atoms with van der Waals surface area (Å²) in [5, 5.41) is 16.7. The van der Waals surface area contributed by atoms with Crippen molar-refractivity contribution in [3.8, 4) is 0 Å². The number of aliphatic hydroxyl groups is 1. The van der Waals surface area contributed by atoms with Crippen LogP contribution >= 0.6 is 11.3 Å². The van der Waals surface area contributed by atoms with Gasteiger partial charge in [0.1, 0.15) is 0 Å². The molecule has 72 valence electrons. The molecule has 1 saturated carbocycles. The van der Waals surface area contributed by atoms with Gasteiger partial charge in [0, 0.05) is 25.1 Å². The van der Waals surface area contributed by atoms with Crippen LogP contribution in [0.2, 0.25) is 0 Å². The molecule has 1 aromatic rings. The van der Waals surface area contributed by atoms with Gasteiger partial charge < -0.3 is 10.4 Å². The fourth-order valence-corrected chi connectivity index (χ4v) is 2.10. The second kappa shape index (κ2) is 3.78. The van der Waals surface area contributed by atoms with Crippen LogP contribution in [0.25, 0.3) is 0 Å². The first-order valence-electron chi connectivity index (χ1n) is 4.67. The number of rotatable bonds is 5. The Kier molecular flexibility index (Phi) is 2.67. The lowest BCUT2D eigenvalue weighted by Gasteiger charge is -2.11. The molecule has 1 fully saturated rings. The van der Waals surface area contributed by atoms with Crippen molar-refractivity contribution in [2.45, 2.75) is 19.4 Å². The number of nitrogens with one attached hydrogen (secondary N) is 1. The van der Waals surface area contributed by atoms with Crippen LogP contribution in [0, 0.1) is 5.41 Å². The number of thiophene rings is 1. The lowest BCUT2D eigenvalue weighted by Crippen LogP contribution is -2.25. The summed E-state index contributed by atoms with van der Waals surface area (Å²) in [5.41, 5.74) is 1.58. The van der Waals surface area contributed by atoms with Crippen LogP contribution in [0.3, 0.4) is 0 Å². The molecule has 2 nitrogen and oxygen atoms in total. The smallest absolute Gasteiger partial charge is 0.0499 e. The van der Waals surface area contributed by atoms with Crippen molar-refractivity contribution in [1.29, 1.82) is 0 Å². The fraction of sp³-hybridized carbons (Fsp3) is 0.600. The van der Waals surface area contributed by atoms with Gasteiger partial charge in [-0.15, -0.1) is 0 Å². The standard InChI is InChI=1S/C10H15NOS/c12-8-10(2-3-10)7-11-5-9-1-4-13-6-9/h1,4,6,11-12H,2-3,5,7-8H2. The molecule has 1 aromatic heterocycles. The molecular weight excluding hydrogens is 182 g/mol. The van der Waals surface area contributed by atoms with E-state index in [0.29, 0.717) is 6.61 Å². The van der Waals surface area contributed by atoms with Crippen molar-refractivity contribution in [3.63, 3.8) is 0 Å². The minimum Gasteiger partial charge on any atom is -0.396 e. The summed E-state index contributed by atoms with van der Waals surface area (Å²) < 4.78 is 0. The first-order valence-corrected chi connectivity index (χ1v) is 5.62. The molecule has 0 radical (unpaired) electrons. The topological polar surface area (TPSA) is 32.3 Å². The van der Waals surface area contributed by atoms with Crippen molar-refractivity contribution in [3.05, 3.63) is 22.4 Å². The van der Waals surface area contributed by atoms with E-state index in [1.807, 2.05) is 0 Å². The molecule has 1 aliphatic carbocycles. The van der Waals surface area contributed by atoms with E-state index < -0.39 is 0 Å². The van der Waals surface area contributed by atoms with E-state index in [2.05, 4.69) is 22.1 Å². The van der Waals surface area contributed by atoms with Crippen LogP contribution in [0.15, 0.2) is 16.8 Å². The minimum absolute atomic E-state index is 0.232.